The molecule has 3 aromatic rings. The minimum absolute atomic E-state index is 0.240. The summed E-state index contributed by atoms with van der Waals surface area (Å²) in [5.41, 5.74) is 1.23. The molecule has 1 aromatic carbocycles. The number of halogens is 3. The fourth-order valence-corrected chi connectivity index (χ4v) is 3.44. The van der Waals surface area contributed by atoms with Crippen molar-refractivity contribution in [1.29, 1.82) is 0 Å². The average Bonchev–Trinajstić information content (AvgIpc) is 2.97. The van der Waals surface area contributed by atoms with Crippen LogP contribution in [0.25, 0.3) is 4.96 Å². The number of nitrogens with zero attached hydrogens (tertiary/aromatic N) is 3. The van der Waals surface area contributed by atoms with Crippen molar-refractivity contribution in [3.63, 3.8) is 0 Å². The van der Waals surface area contributed by atoms with Crippen molar-refractivity contribution in [3.05, 3.63) is 51.9 Å². The smallest absolute Gasteiger partial charge is 0.406 e. The van der Waals surface area contributed by atoms with Crippen LogP contribution in [0.4, 0.5) is 18.3 Å². The molecule has 0 spiro atoms. The van der Waals surface area contributed by atoms with Gasteiger partial charge >= 0.3 is 6.36 Å². The van der Waals surface area contributed by atoms with Crippen molar-refractivity contribution >= 4 is 21.4 Å². The number of ether oxygens (including phenoxy) is 1. The zero-order valence-corrected chi connectivity index (χ0v) is 15.4. The largest absolute Gasteiger partial charge is 0.573 e. The highest BCUT2D eigenvalue weighted by Gasteiger charge is 2.31. The van der Waals surface area contributed by atoms with Crippen LogP contribution in [0.2, 0.25) is 0 Å². The molecule has 0 aliphatic rings. The molecule has 2 aromatic heterocycles. The fourth-order valence-electron chi connectivity index (χ4n) is 2.53. The highest BCUT2D eigenvalue weighted by atomic mass is 32.1. The van der Waals surface area contributed by atoms with E-state index in [-0.39, 0.29) is 17.4 Å². The lowest BCUT2D eigenvalue weighted by molar-refractivity contribution is -0.274. The highest BCUT2D eigenvalue weighted by Crippen LogP contribution is 2.27. The second-order valence-corrected chi connectivity index (χ2v) is 6.88. The van der Waals surface area contributed by atoms with Crippen LogP contribution < -0.4 is 15.6 Å². The number of aromatic nitrogens is 3. The third-order valence-electron chi connectivity index (χ3n) is 3.76. The van der Waals surface area contributed by atoms with E-state index < -0.39 is 6.36 Å². The standard InChI is InChI=1S/C17H17F3N4O2S/c1-3-4-12-9-14(25)24-16(22-12)27-15(23-24)21-10(2)11-5-7-13(8-6-11)26-17(18,19)20/h5-10H,3-4H2,1-2H3,(H,21,23)/t10-/m0/s1. The number of alkyl halides is 3. The predicted molar refractivity (Wildman–Crippen MR) is 96.3 cm³/mol. The Bertz CT molecular complexity index is 982. The second kappa shape index (κ2) is 7.55. The van der Waals surface area contributed by atoms with E-state index in [0.717, 1.165) is 24.1 Å². The van der Waals surface area contributed by atoms with Crippen molar-refractivity contribution in [1.82, 2.24) is 14.6 Å². The van der Waals surface area contributed by atoms with E-state index in [1.165, 1.54) is 46.2 Å². The molecule has 3 rings (SSSR count). The molecule has 0 fully saturated rings. The third-order valence-corrected chi connectivity index (χ3v) is 4.60. The number of nitrogens with one attached hydrogen (secondary N) is 1. The lowest BCUT2D eigenvalue weighted by atomic mass is 10.1. The summed E-state index contributed by atoms with van der Waals surface area (Å²) in [6.45, 7) is 3.85. The summed E-state index contributed by atoms with van der Waals surface area (Å²) in [6.07, 6.45) is -3.12. The molecular formula is C17H17F3N4O2S. The molecule has 10 heteroatoms. The van der Waals surface area contributed by atoms with Gasteiger partial charge in [0.15, 0.2) is 0 Å². The van der Waals surface area contributed by atoms with Gasteiger partial charge in [0, 0.05) is 11.8 Å². The Kier molecular flexibility index (Phi) is 5.36. The molecular weight excluding hydrogens is 381 g/mol. The second-order valence-electron chi connectivity index (χ2n) is 5.92. The van der Waals surface area contributed by atoms with Gasteiger partial charge in [-0.2, -0.15) is 4.52 Å². The van der Waals surface area contributed by atoms with Gasteiger partial charge in [0.05, 0.1) is 6.04 Å². The molecule has 27 heavy (non-hydrogen) atoms. The summed E-state index contributed by atoms with van der Waals surface area (Å²) < 4.78 is 41.8. The van der Waals surface area contributed by atoms with Gasteiger partial charge in [-0.05, 0) is 31.0 Å². The van der Waals surface area contributed by atoms with Gasteiger partial charge in [-0.1, -0.05) is 36.8 Å². The number of rotatable bonds is 6. The Hall–Kier alpha value is -2.62. The van der Waals surface area contributed by atoms with E-state index in [0.29, 0.717) is 10.1 Å². The molecule has 1 atom stereocenters. The maximum atomic E-state index is 12.2. The van der Waals surface area contributed by atoms with Crippen LogP contribution in [0, 0.1) is 0 Å². The van der Waals surface area contributed by atoms with Crippen molar-refractivity contribution in [2.75, 3.05) is 5.32 Å². The summed E-state index contributed by atoms with van der Waals surface area (Å²) in [5, 5.41) is 7.86. The van der Waals surface area contributed by atoms with Gasteiger partial charge in [0.2, 0.25) is 10.1 Å². The van der Waals surface area contributed by atoms with Gasteiger partial charge < -0.3 is 10.1 Å². The molecule has 0 bridgehead atoms. The minimum Gasteiger partial charge on any atom is -0.406 e. The Morgan fingerprint density at radius 1 is 1.30 bits per heavy atom. The summed E-state index contributed by atoms with van der Waals surface area (Å²) in [6, 6.07) is 6.82. The lowest BCUT2D eigenvalue weighted by Gasteiger charge is -2.14. The Morgan fingerprint density at radius 3 is 2.63 bits per heavy atom. The van der Waals surface area contributed by atoms with Gasteiger partial charge in [-0.15, -0.1) is 18.3 Å². The molecule has 6 nitrogen and oxygen atoms in total. The van der Waals surface area contributed by atoms with E-state index in [1.807, 2.05) is 13.8 Å². The van der Waals surface area contributed by atoms with Gasteiger partial charge in [-0.25, -0.2) is 4.98 Å². The first-order valence-electron chi connectivity index (χ1n) is 8.27. The molecule has 1 N–H and O–H groups in total. The fraction of sp³-hybridized carbons (Fsp3) is 0.353. The van der Waals surface area contributed by atoms with Crippen molar-refractivity contribution < 1.29 is 17.9 Å². The Balaban J connectivity index is 1.76. The van der Waals surface area contributed by atoms with Gasteiger partial charge in [-0.3, -0.25) is 4.79 Å². The number of benzene rings is 1. The van der Waals surface area contributed by atoms with E-state index in [9.17, 15) is 18.0 Å². The number of anilines is 1. The molecule has 2 heterocycles. The highest BCUT2D eigenvalue weighted by molar-refractivity contribution is 7.20. The van der Waals surface area contributed by atoms with Crippen LogP contribution in [-0.2, 0) is 6.42 Å². The maximum Gasteiger partial charge on any atom is 0.573 e. The van der Waals surface area contributed by atoms with Crippen LogP contribution in [0.5, 0.6) is 5.75 Å². The van der Waals surface area contributed by atoms with E-state index in [1.54, 1.807) is 0 Å². The maximum absolute atomic E-state index is 12.2. The minimum atomic E-state index is -4.72. The number of hydrogen-bond acceptors (Lipinski definition) is 6. The first-order chi connectivity index (χ1) is 12.7. The normalized spacial score (nSPS) is 12.9. The predicted octanol–water partition coefficient (Wildman–Crippen LogP) is 4.18. The van der Waals surface area contributed by atoms with Crippen molar-refractivity contribution in [3.8, 4) is 5.75 Å². The molecule has 0 saturated carbocycles. The van der Waals surface area contributed by atoms with Crippen LogP contribution in [0.3, 0.4) is 0 Å². The van der Waals surface area contributed by atoms with Crippen molar-refractivity contribution in [2.45, 2.75) is 39.1 Å². The summed E-state index contributed by atoms with van der Waals surface area (Å²) in [7, 11) is 0. The molecule has 0 amide bonds. The Labute approximate surface area is 156 Å². The van der Waals surface area contributed by atoms with Crippen LogP contribution in [0.15, 0.2) is 35.1 Å². The van der Waals surface area contributed by atoms with E-state index in [4.69, 9.17) is 0 Å². The Morgan fingerprint density at radius 2 is 2.00 bits per heavy atom. The molecule has 0 aliphatic heterocycles. The average molecular weight is 398 g/mol. The van der Waals surface area contributed by atoms with E-state index in [2.05, 4.69) is 20.1 Å². The van der Waals surface area contributed by atoms with E-state index >= 15 is 0 Å². The molecule has 0 aliphatic carbocycles. The van der Waals surface area contributed by atoms with Crippen LogP contribution >= 0.6 is 11.3 Å². The molecule has 0 unspecified atom stereocenters. The topological polar surface area (TPSA) is 68.5 Å². The zero-order valence-electron chi connectivity index (χ0n) is 14.6. The summed E-state index contributed by atoms with van der Waals surface area (Å²) in [4.78, 5) is 17.1. The number of fused-ring (bicyclic) bond motifs is 1. The number of aryl methyl sites for hydroxylation is 1. The third kappa shape index (κ3) is 4.76. The summed E-state index contributed by atoms with van der Waals surface area (Å²) >= 11 is 1.24. The zero-order chi connectivity index (χ0) is 19.6. The van der Waals surface area contributed by atoms with Crippen molar-refractivity contribution in [2.24, 2.45) is 0 Å². The lowest BCUT2D eigenvalue weighted by Crippen LogP contribution is -2.17. The quantitative estimate of drug-likeness (QED) is 0.675. The van der Waals surface area contributed by atoms with Crippen LogP contribution in [0.1, 0.15) is 37.6 Å². The SMILES string of the molecule is CCCc1cc(=O)n2nc(N[C@@H](C)c3ccc(OC(F)(F)F)cc3)sc2n1. The molecule has 144 valence electrons. The molecule has 0 saturated heterocycles. The first kappa shape index (κ1) is 19.2. The first-order valence-corrected chi connectivity index (χ1v) is 9.09. The summed E-state index contributed by atoms with van der Waals surface area (Å²) in [5.74, 6) is -0.280. The number of hydrogen-bond donors (Lipinski definition) is 1. The van der Waals surface area contributed by atoms with Crippen LogP contribution in [-0.4, -0.2) is 21.0 Å². The van der Waals surface area contributed by atoms with Gasteiger partial charge in [0.1, 0.15) is 5.75 Å². The van der Waals surface area contributed by atoms with Gasteiger partial charge in [0.25, 0.3) is 5.56 Å². The monoisotopic (exact) mass is 398 g/mol. The molecule has 0 radical (unpaired) electrons.